The lowest BCUT2D eigenvalue weighted by atomic mass is 10.2. The third kappa shape index (κ3) is 3.24. The molecule has 0 bridgehead atoms. The van der Waals surface area contributed by atoms with E-state index in [-0.39, 0.29) is 21.8 Å². The van der Waals surface area contributed by atoms with Gasteiger partial charge in [0, 0.05) is 0 Å². The fourth-order valence-corrected chi connectivity index (χ4v) is 1.76. The molecule has 0 amide bonds. The third-order valence-electron chi connectivity index (χ3n) is 1.89. The number of pyridine rings is 1. The largest absolute Gasteiger partial charge is 0.481 e. The molecule has 0 aliphatic carbocycles. The van der Waals surface area contributed by atoms with Crippen molar-refractivity contribution in [1.82, 2.24) is 4.98 Å². The van der Waals surface area contributed by atoms with Crippen LogP contribution in [-0.4, -0.2) is 24.7 Å². The maximum absolute atomic E-state index is 12.7. The van der Waals surface area contributed by atoms with Gasteiger partial charge in [-0.05, 0) is 35.6 Å². The summed E-state index contributed by atoms with van der Waals surface area (Å²) >= 11 is 1.77. The zero-order valence-electron chi connectivity index (χ0n) is 9.17. The van der Waals surface area contributed by atoms with Crippen LogP contribution in [0.15, 0.2) is 6.07 Å². The third-order valence-corrected chi connectivity index (χ3v) is 2.71. The summed E-state index contributed by atoms with van der Waals surface area (Å²) in [5, 5.41) is 0. The Bertz CT molecular complexity index is 426. The van der Waals surface area contributed by atoms with Gasteiger partial charge in [0.15, 0.2) is 0 Å². The quantitative estimate of drug-likeness (QED) is 0.473. The molecule has 94 valence electrons. The lowest BCUT2D eigenvalue weighted by Gasteiger charge is -2.10. The molecule has 1 rings (SSSR count). The van der Waals surface area contributed by atoms with E-state index in [1.807, 2.05) is 0 Å². The van der Waals surface area contributed by atoms with E-state index >= 15 is 0 Å². The lowest BCUT2D eigenvalue weighted by Crippen LogP contribution is -2.10. The highest BCUT2D eigenvalue weighted by Gasteiger charge is 2.22. The van der Waals surface area contributed by atoms with Crippen LogP contribution in [-0.2, 0) is 4.74 Å². The first-order chi connectivity index (χ1) is 8.01. The fourth-order valence-electron chi connectivity index (χ4n) is 1.16. The molecule has 0 unspecified atom stereocenters. The van der Waals surface area contributed by atoms with Gasteiger partial charge in [-0.1, -0.05) is 0 Å². The first-order valence-electron chi connectivity index (χ1n) is 4.71. The molecule has 1 aromatic rings. The minimum absolute atomic E-state index is 0.0172. The SMILES string of the molecule is CCOC(=O)c1cc(C(F)F)c(OC)nc1I. The Morgan fingerprint density at radius 1 is 1.59 bits per heavy atom. The van der Waals surface area contributed by atoms with Crippen molar-refractivity contribution in [1.29, 1.82) is 0 Å². The second kappa shape index (κ2) is 6.08. The molecule has 0 saturated heterocycles. The molecular formula is C10H10F2INO3. The van der Waals surface area contributed by atoms with Gasteiger partial charge in [0.25, 0.3) is 6.43 Å². The van der Waals surface area contributed by atoms with E-state index in [0.29, 0.717) is 0 Å². The molecule has 7 heteroatoms. The van der Waals surface area contributed by atoms with Gasteiger partial charge in [-0.15, -0.1) is 0 Å². The molecular weight excluding hydrogens is 347 g/mol. The predicted molar refractivity (Wildman–Crippen MR) is 64.4 cm³/mol. The van der Waals surface area contributed by atoms with E-state index in [4.69, 9.17) is 9.47 Å². The number of halogens is 3. The number of methoxy groups -OCH3 is 1. The van der Waals surface area contributed by atoms with Gasteiger partial charge in [-0.3, -0.25) is 0 Å². The highest BCUT2D eigenvalue weighted by molar-refractivity contribution is 14.1. The summed E-state index contributed by atoms with van der Waals surface area (Å²) in [6, 6.07) is 1.05. The number of esters is 1. The van der Waals surface area contributed by atoms with E-state index in [1.165, 1.54) is 7.11 Å². The molecule has 1 aromatic heterocycles. The molecule has 0 atom stereocenters. The summed E-state index contributed by atoms with van der Waals surface area (Å²) in [6.07, 6.45) is -2.76. The zero-order chi connectivity index (χ0) is 13.0. The van der Waals surface area contributed by atoms with Crippen LogP contribution in [0.5, 0.6) is 5.88 Å². The molecule has 17 heavy (non-hydrogen) atoms. The smallest absolute Gasteiger partial charge is 0.340 e. The van der Waals surface area contributed by atoms with E-state index in [0.717, 1.165) is 6.07 Å². The Hall–Kier alpha value is -0.990. The Labute approximate surface area is 110 Å². The summed E-state index contributed by atoms with van der Waals surface area (Å²) < 4.78 is 35.1. The Kier molecular flexibility index (Phi) is 5.03. The van der Waals surface area contributed by atoms with Gasteiger partial charge in [-0.25, -0.2) is 18.6 Å². The van der Waals surface area contributed by atoms with Crippen LogP contribution in [0, 0.1) is 3.70 Å². The molecule has 1 heterocycles. The van der Waals surface area contributed by atoms with Crippen molar-refractivity contribution >= 4 is 28.6 Å². The van der Waals surface area contributed by atoms with Crippen LogP contribution in [0.2, 0.25) is 0 Å². The van der Waals surface area contributed by atoms with Crippen molar-refractivity contribution in [2.24, 2.45) is 0 Å². The van der Waals surface area contributed by atoms with Gasteiger partial charge in [0.2, 0.25) is 5.88 Å². The number of alkyl halides is 2. The maximum atomic E-state index is 12.7. The van der Waals surface area contributed by atoms with E-state index in [1.54, 1.807) is 29.5 Å². The topological polar surface area (TPSA) is 48.4 Å². The van der Waals surface area contributed by atoms with E-state index < -0.39 is 18.0 Å². The molecule has 0 N–H and O–H groups in total. The number of rotatable bonds is 4. The predicted octanol–water partition coefficient (Wildman–Crippen LogP) is 2.81. The Balaban J connectivity index is 3.24. The van der Waals surface area contributed by atoms with Gasteiger partial charge >= 0.3 is 5.97 Å². The van der Waals surface area contributed by atoms with Gasteiger partial charge < -0.3 is 9.47 Å². The molecule has 4 nitrogen and oxygen atoms in total. The summed E-state index contributed by atoms with van der Waals surface area (Å²) in [5.41, 5.74) is -0.403. The molecule has 0 aliphatic rings. The normalized spacial score (nSPS) is 10.5. The standard InChI is InChI=1S/C10H10F2INO3/c1-3-17-10(15)6-4-5(7(11)12)9(16-2)14-8(6)13/h4,7H,3H2,1-2H3. The Morgan fingerprint density at radius 3 is 2.71 bits per heavy atom. The number of nitrogens with zero attached hydrogens (tertiary/aromatic N) is 1. The fraction of sp³-hybridized carbons (Fsp3) is 0.400. The van der Waals surface area contributed by atoms with Crippen LogP contribution in [0.1, 0.15) is 29.3 Å². The van der Waals surface area contributed by atoms with Crippen LogP contribution in [0.3, 0.4) is 0 Å². The van der Waals surface area contributed by atoms with Crippen molar-refractivity contribution < 1.29 is 23.0 Å². The van der Waals surface area contributed by atoms with Crippen molar-refractivity contribution in [3.63, 3.8) is 0 Å². The van der Waals surface area contributed by atoms with Crippen LogP contribution in [0.25, 0.3) is 0 Å². The highest BCUT2D eigenvalue weighted by Crippen LogP contribution is 2.30. The van der Waals surface area contributed by atoms with E-state index in [2.05, 4.69) is 4.98 Å². The average molecular weight is 357 g/mol. The van der Waals surface area contributed by atoms with Crippen LogP contribution in [0.4, 0.5) is 8.78 Å². The maximum Gasteiger partial charge on any atom is 0.340 e. The number of carbonyl (C=O) groups excluding carboxylic acids is 1. The average Bonchev–Trinajstić information content (AvgIpc) is 2.28. The minimum atomic E-state index is -2.76. The minimum Gasteiger partial charge on any atom is -0.481 e. The molecule has 0 spiro atoms. The number of hydrogen-bond acceptors (Lipinski definition) is 4. The Morgan fingerprint density at radius 2 is 2.24 bits per heavy atom. The van der Waals surface area contributed by atoms with Gasteiger partial charge in [0.1, 0.15) is 3.70 Å². The molecule has 0 aliphatic heterocycles. The number of carbonyl (C=O) groups is 1. The lowest BCUT2D eigenvalue weighted by molar-refractivity contribution is 0.0523. The number of aromatic nitrogens is 1. The number of hydrogen-bond donors (Lipinski definition) is 0. The number of ether oxygens (including phenoxy) is 2. The van der Waals surface area contributed by atoms with Crippen molar-refractivity contribution in [3.8, 4) is 5.88 Å². The molecule has 0 fully saturated rings. The summed E-state index contributed by atoms with van der Waals surface area (Å²) in [4.78, 5) is 15.3. The van der Waals surface area contributed by atoms with E-state index in [9.17, 15) is 13.6 Å². The molecule has 0 saturated carbocycles. The summed E-state index contributed by atoms with van der Waals surface area (Å²) in [5.74, 6) is -0.855. The first-order valence-corrected chi connectivity index (χ1v) is 5.78. The second-order valence-electron chi connectivity index (χ2n) is 2.95. The zero-order valence-corrected chi connectivity index (χ0v) is 11.3. The van der Waals surface area contributed by atoms with Crippen molar-refractivity contribution in [3.05, 3.63) is 20.9 Å². The summed E-state index contributed by atoms with van der Waals surface area (Å²) in [7, 11) is 1.24. The van der Waals surface area contributed by atoms with Crippen LogP contribution >= 0.6 is 22.6 Å². The van der Waals surface area contributed by atoms with Crippen molar-refractivity contribution in [2.75, 3.05) is 13.7 Å². The van der Waals surface area contributed by atoms with Gasteiger partial charge in [0.05, 0.1) is 24.8 Å². The summed E-state index contributed by atoms with van der Waals surface area (Å²) in [6.45, 7) is 1.81. The van der Waals surface area contributed by atoms with Crippen LogP contribution < -0.4 is 4.74 Å². The molecule has 0 radical (unpaired) electrons. The first kappa shape index (κ1) is 14.1. The van der Waals surface area contributed by atoms with Gasteiger partial charge in [-0.2, -0.15) is 0 Å². The second-order valence-corrected chi connectivity index (χ2v) is 3.97. The molecule has 0 aromatic carbocycles. The van der Waals surface area contributed by atoms with Crippen molar-refractivity contribution in [2.45, 2.75) is 13.3 Å². The highest BCUT2D eigenvalue weighted by atomic mass is 127. The monoisotopic (exact) mass is 357 g/mol.